The monoisotopic (exact) mass is 521 g/mol. The number of carbonyl (C=O) groups is 1. The van der Waals surface area contributed by atoms with E-state index >= 15 is 0 Å². The molecule has 0 amide bonds. The zero-order valence-electron chi connectivity index (χ0n) is 16.1. The molecule has 30 heavy (non-hydrogen) atoms. The van der Waals surface area contributed by atoms with Crippen molar-refractivity contribution in [3.8, 4) is 6.07 Å². The van der Waals surface area contributed by atoms with Crippen molar-refractivity contribution in [3.05, 3.63) is 71.2 Å². The van der Waals surface area contributed by atoms with E-state index in [0.717, 1.165) is 27.9 Å². The first-order valence-electron chi connectivity index (χ1n) is 9.56. The van der Waals surface area contributed by atoms with Gasteiger partial charge in [-0.3, -0.25) is 9.69 Å². The van der Waals surface area contributed by atoms with Crippen molar-refractivity contribution < 1.29 is 4.79 Å². The van der Waals surface area contributed by atoms with Crippen LogP contribution in [0.1, 0.15) is 41.9 Å². The first kappa shape index (κ1) is 21.5. The Hall–Kier alpha value is -1.78. The Balaban J connectivity index is 1.98. The number of carbonyl (C=O) groups excluding carboxylic acids is 1. The van der Waals surface area contributed by atoms with E-state index in [-0.39, 0.29) is 5.78 Å². The van der Waals surface area contributed by atoms with Gasteiger partial charge in [-0.05, 0) is 59.5 Å². The predicted molar refractivity (Wildman–Crippen MR) is 126 cm³/mol. The van der Waals surface area contributed by atoms with Gasteiger partial charge < -0.3 is 5.73 Å². The maximum atomic E-state index is 13.1. The highest BCUT2D eigenvalue weighted by molar-refractivity contribution is 9.10. The van der Waals surface area contributed by atoms with Crippen molar-refractivity contribution in [3.63, 3.8) is 0 Å². The highest BCUT2D eigenvalue weighted by atomic mass is 79.9. The summed E-state index contributed by atoms with van der Waals surface area (Å²) in [5, 5.41) is 11.0. The Morgan fingerprint density at radius 2 is 2.10 bits per heavy atom. The SMILES string of the molecule is CCc1sc(C2C(C#N)=C(N)N(c3ccc(Cl)cc3Cl)C3=C2C(=O)CCC3)cc1Br. The third kappa shape index (κ3) is 3.48. The number of hydrogen-bond donors (Lipinski definition) is 1. The van der Waals surface area contributed by atoms with Crippen LogP contribution < -0.4 is 10.6 Å². The molecule has 4 nitrogen and oxygen atoms in total. The Morgan fingerprint density at radius 3 is 2.73 bits per heavy atom. The van der Waals surface area contributed by atoms with Gasteiger partial charge in [0.05, 0.1) is 28.3 Å². The molecule has 0 saturated carbocycles. The maximum absolute atomic E-state index is 13.1. The number of benzene rings is 1. The van der Waals surface area contributed by atoms with E-state index in [9.17, 15) is 10.1 Å². The molecule has 154 valence electrons. The van der Waals surface area contributed by atoms with E-state index in [1.165, 1.54) is 4.88 Å². The summed E-state index contributed by atoms with van der Waals surface area (Å²) >= 11 is 17.8. The standard InChI is InChI=1S/C22H18BrCl2N3OS/c1-2-18-13(23)9-19(30-18)20-12(10-26)22(27)28(15-7-6-11(24)8-14(15)25)16-4-3-5-17(29)21(16)20/h6-9,20H,2-5,27H2,1H3. The number of ketones is 1. The Kier molecular flexibility index (Phi) is 6.00. The highest BCUT2D eigenvalue weighted by Gasteiger charge is 2.41. The summed E-state index contributed by atoms with van der Waals surface area (Å²) in [5.41, 5.74) is 9.02. The fourth-order valence-corrected chi connectivity index (χ4v) is 6.65. The molecule has 1 aromatic heterocycles. The first-order valence-corrected chi connectivity index (χ1v) is 11.9. The molecule has 4 rings (SSSR count). The predicted octanol–water partition coefficient (Wildman–Crippen LogP) is 6.68. The minimum atomic E-state index is -0.457. The van der Waals surface area contributed by atoms with Crippen molar-refractivity contribution in [1.82, 2.24) is 0 Å². The van der Waals surface area contributed by atoms with Gasteiger partial charge in [0, 0.05) is 36.9 Å². The third-order valence-corrected chi connectivity index (χ3v) is 8.30. The van der Waals surface area contributed by atoms with Gasteiger partial charge in [0.2, 0.25) is 0 Å². The van der Waals surface area contributed by atoms with Crippen LogP contribution in [0.4, 0.5) is 5.69 Å². The molecule has 0 fully saturated rings. The molecule has 2 aliphatic rings. The van der Waals surface area contributed by atoms with Crippen molar-refractivity contribution in [2.75, 3.05) is 4.90 Å². The lowest BCUT2D eigenvalue weighted by molar-refractivity contribution is -0.116. The van der Waals surface area contributed by atoms with Crippen LogP contribution in [-0.4, -0.2) is 5.78 Å². The molecular formula is C22H18BrCl2N3OS. The summed E-state index contributed by atoms with van der Waals surface area (Å²) in [6.07, 6.45) is 2.74. The highest BCUT2D eigenvalue weighted by Crippen LogP contribution is 2.49. The molecule has 1 aliphatic carbocycles. The number of thiophene rings is 1. The summed E-state index contributed by atoms with van der Waals surface area (Å²) in [7, 11) is 0. The summed E-state index contributed by atoms with van der Waals surface area (Å²) in [5.74, 6) is -0.0939. The molecule has 0 spiro atoms. The van der Waals surface area contributed by atoms with Gasteiger partial charge in [0.1, 0.15) is 5.82 Å². The molecule has 0 saturated heterocycles. The molecule has 1 aromatic carbocycles. The fourth-order valence-electron chi connectivity index (χ4n) is 4.12. The fraction of sp³-hybridized carbons (Fsp3) is 0.273. The molecule has 2 N–H and O–H groups in total. The molecule has 1 aliphatic heterocycles. The molecule has 0 radical (unpaired) electrons. The first-order chi connectivity index (χ1) is 14.4. The van der Waals surface area contributed by atoms with Crippen molar-refractivity contribution in [1.29, 1.82) is 5.26 Å². The molecule has 2 aromatic rings. The summed E-state index contributed by atoms with van der Waals surface area (Å²) < 4.78 is 0.995. The van der Waals surface area contributed by atoms with Crippen LogP contribution in [0.25, 0.3) is 0 Å². The van der Waals surface area contributed by atoms with E-state index in [1.807, 2.05) is 6.07 Å². The lowest BCUT2D eigenvalue weighted by Gasteiger charge is -2.39. The number of rotatable bonds is 3. The lowest BCUT2D eigenvalue weighted by Crippen LogP contribution is -2.38. The maximum Gasteiger partial charge on any atom is 0.161 e. The van der Waals surface area contributed by atoms with Gasteiger partial charge in [-0.1, -0.05) is 30.1 Å². The molecule has 1 unspecified atom stereocenters. The average Bonchev–Trinajstić information content (AvgIpc) is 3.08. The van der Waals surface area contributed by atoms with Crippen molar-refractivity contribution >= 4 is 61.9 Å². The van der Waals surface area contributed by atoms with Gasteiger partial charge in [0.25, 0.3) is 0 Å². The molecule has 0 bridgehead atoms. The van der Waals surface area contributed by atoms with Crippen LogP contribution in [0.5, 0.6) is 0 Å². The number of halogens is 3. The number of anilines is 1. The van der Waals surface area contributed by atoms with E-state index in [2.05, 4.69) is 28.9 Å². The van der Waals surface area contributed by atoms with Crippen molar-refractivity contribution in [2.45, 2.75) is 38.5 Å². The minimum absolute atomic E-state index is 0.0548. The van der Waals surface area contributed by atoms with Crippen LogP contribution in [0.3, 0.4) is 0 Å². The third-order valence-electron chi connectivity index (χ3n) is 5.45. The summed E-state index contributed by atoms with van der Waals surface area (Å²) in [6, 6.07) is 9.43. The molecule has 8 heteroatoms. The van der Waals surface area contributed by atoms with E-state index in [0.29, 0.717) is 45.5 Å². The summed E-state index contributed by atoms with van der Waals surface area (Å²) in [6.45, 7) is 2.08. The topological polar surface area (TPSA) is 70.1 Å². The second-order valence-electron chi connectivity index (χ2n) is 7.19. The van der Waals surface area contributed by atoms with Gasteiger partial charge in [-0.15, -0.1) is 11.3 Å². The largest absolute Gasteiger partial charge is 0.384 e. The van der Waals surface area contributed by atoms with Crippen LogP contribution in [0.15, 0.2) is 51.4 Å². The second kappa shape index (κ2) is 8.39. The van der Waals surface area contributed by atoms with Crippen molar-refractivity contribution in [2.24, 2.45) is 5.73 Å². The molecule has 2 heterocycles. The number of Topliss-reactive ketones (excluding diaryl/α,β-unsaturated/α-hetero) is 1. The van der Waals surface area contributed by atoms with E-state index in [1.54, 1.807) is 34.4 Å². The number of nitrogens with two attached hydrogens (primary N) is 1. The Labute approximate surface area is 197 Å². The van der Waals surface area contributed by atoms with Gasteiger partial charge in [0.15, 0.2) is 5.78 Å². The van der Waals surface area contributed by atoms with Crippen LogP contribution in [-0.2, 0) is 11.2 Å². The zero-order valence-corrected chi connectivity index (χ0v) is 20.1. The normalized spacial score (nSPS) is 19.2. The Morgan fingerprint density at radius 1 is 1.33 bits per heavy atom. The zero-order chi connectivity index (χ0) is 21.6. The number of allylic oxidation sites excluding steroid dienone is 3. The Bertz CT molecular complexity index is 1160. The van der Waals surface area contributed by atoms with Crippen LogP contribution in [0, 0.1) is 11.3 Å². The average molecular weight is 523 g/mol. The minimum Gasteiger partial charge on any atom is -0.384 e. The van der Waals surface area contributed by atoms with Crippen LogP contribution >= 0.6 is 50.5 Å². The van der Waals surface area contributed by atoms with Gasteiger partial charge in [-0.25, -0.2) is 0 Å². The molecular weight excluding hydrogens is 505 g/mol. The van der Waals surface area contributed by atoms with Crippen LogP contribution in [0.2, 0.25) is 10.0 Å². The molecule has 1 atom stereocenters. The quantitative estimate of drug-likeness (QED) is 0.487. The second-order valence-corrected chi connectivity index (χ2v) is 10.1. The smallest absolute Gasteiger partial charge is 0.161 e. The summed E-state index contributed by atoms with van der Waals surface area (Å²) in [4.78, 5) is 17.0. The number of hydrogen-bond acceptors (Lipinski definition) is 5. The van der Waals surface area contributed by atoms with Gasteiger partial charge in [-0.2, -0.15) is 5.26 Å². The van der Waals surface area contributed by atoms with E-state index in [4.69, 9.17) is 28.9 Å². The number of nitriles is 1. The van der Waals surface area contributed by atoms with Gasteiger partial charge >= 0.3 is 0 Å². The van der Waals surface area contributed by atoms with E-state index < -0.39 is 5.92 Å². The number of nitrogens with zero attached hydrogens (tertiary/aromatic N) is 2. The number of aryl methyl sites for hydroxylation is 1. The lowest BCUT2D eigenvalue weighted by atomic mass is 9.78.